The Morgan fingerprint density at radius 1 is 1.00 bits per heavy atom. The quantitative estimate of drug-likeness (QED) is 0.340. The highest BCUT2D eigenvalue weighted by molar-refractivity contribution is 7.42. The first kappa shape index (κ1) is 13.5. The number of hydrogen-bond acceptors (Lipinski definition) is 3. The van der Waals surface area contributed by atoms with Crippen molar-refractivity contribution in [3.8, 4) is 0 Å². The van der Waals surface area contributed by atoms with E-state index in [0.29, 0.717) is 13.2 Å². The highest BCUT2D eigenvalue weighted by atomic mass is 31.2. The summed E-state index contributed by atoms with van der Waals surface area (Å²) in [6.45, 7) is 5.66. The molecule has 0 heterocycles. The number of hydrogen-bond donors (Lipinski definition) is 0. The molecule has 0 aliphatic carbocycles. The van der Waals surface area contributed by atoms with Crippen molar-refractivity contribution in [1.82, 2.24) is 0 Å². The molecule has 0 saturated heterocycles. The van der Waals surface area contributed by atoms with Gasteiger partial charge < -0.3 is 13.3 Å². The number of unbranched alkanes of at least 4 members (excludes halogenated alkanes) is 2. The molecule has 0 aliphatic heterocycles. The van der Waals surface area contributed by atoms with Gasteiger partial charge in [0.1, 0.15) is 0 Å². The van der Waals surface area contributed by atoms with Crippen molar-refractivity contribution in [2.75, 3.05) is 13.2 Å². The second kappa shape index (κ2) is 10.6. The molecule has 77 valence electrons. The maximum Gasteiger partial charge on any atom is 0.321 e. The third-order valence-electron chi connectivity index (χ3n) is 1.46. The first-order chi connectivity index (χ1) is 6.35. The Morgan fingerprint density at radius 3 is 1.77 bits per heavy atom. The van der Waals surface area contributed by atoms with Gasteiger partial charge in [0.2, 0.25) is 0 Å². The van der Waals surface area contributed by atoms with E-state index in [1.807, 2.05) is 0 Å². The van der Waals surface area contributed by atoms with Crippen LogP contribution >= 0.6 is 8.60 Å². The molecule has 0 aromatic heterocycles. The van der Waals surface area contributed by atoms with Crippen LogP contribution in [0.1, 0.15) is 39.5 Å². The molecule has 0 rings (SSSR count). The standard InChI is InChI=1S/C8H18O3PSi/c1-3-5-7-9-12(11-13)10-8-6-4-2/h3-8H2,1-2H3. The third kappa shape index (κ3) is 8.85. The first-order valence-electron chi connectivity index (χ1n) is 4.74. The molecule has 0 amide bonds. The van der Waals surface area contributed by atoms with E-state index in [1.54, 1.807) is 0 Å². The fourth-order valence-corrected chi connectivity index (χ4v) is 1.71. The van der Waals surface area contributed by atoms with Crippen molar-refractivity contribution in [1.29, 1.82) is 0 Å². The summed E-state index contributed by atoms with van der Waals surface area (Å²) in [6, 6.07) is 0. The molecule has 0 saturated carbocycles. The molecule has 0 unspecified atom stereocenters. The summed E-state index contributed by atoms with van der Waals surface area (Å²) in [5, 5.41) is 0. The van der Waals surface area contributed by atoms with Crippen LogP contribution in [0.5, 0.6) is 0 Å². The minimum Gasteiger partial charge on any atom is -0.356 e. The van der Waals surface area contributed by atoms with Crippen LogP contribution in [-0.2, 0) is 13.3 Å². The molecule has 3 radical (unpaired) electrons. The first-order valence-corrected chi connectivity index (χ1v) is 6.25. The van der Waals surface area contributed by atoms with E-state index in [9.17, 15) is 0 Å². The maximum absolute atomic E-state index is 5.35. The molecule has 0 spiro atoms. The molecule has 0 atom stereocenters. The van der Waals surface area contributed by atoms with E-state index >= 15 is 0 Å². The van der Waals surface area contributed by atoms with E-state index in [1.165, 1.54) is 0 Å². The summed E-state index contributed by atoms with van der Waals surface area (Å²) in [4.78, 5) is 0. The lowest BCUT2D eigenvalue weighted by atomic mass is 10.4. The van der Waals surface area contributed by atoms with Crippen LogP contribution in [0.25, 0.3) is 0 Å². The van der Waals surface area contributed by atoms with Crippen LogP contribution in [0.4, 0.5) is 0 Å². The second-order valence-corrected chi connectivity index (χ2v) is 4.38. The summed E-state index contributed by atoms with van der Waals surface area (Å²) in [5.41, 5.74) is 0. The minimum atomic E-state index is -1.17. The minimum absolute atomic E-state index is 0.707. The van der Waals surface area contributed by atoms with Crippen LogP contribution < -0.4 is 0 Å². The Hall–Kier alpha value is 0.527. The summed E-state index contributed by atoms with van der Waals surface area (Å²) < 4.78 is 15.6. The molecule has 0 bridgehead atoms. The topological polar surface area (TPSA) is 27.7 Å². The van der Waals surface area contributed by atoms with Gasteiger partial charge in [-0.2, -0.15) is 0 Å². The fraction of sp³-hybridized carbons (Fsp3) is 1.00. The van der Waals surface area contributed by atoms with Crippen molar-refractivity contribution in [2.45, 2.75) is 39.5 Å². The Kier molecular flexibility index (Phi) is 11.0. The predicted octanol–water partition coefficient (Wildman–Crippen LogP) is 2.95. The van der Waals surface area contributed by atoms with Crippen molar-refractivity contribution in [3.05, 3.63) is 0 Å². The lowest BCUT2D eigenvalue weighted by molar-refractivity contribution is 0.204. The van der Waals surface area contributed by atoms with Crippen molar-refractivity contribution in [3.63, 3.8) is 0 Å². The highest BCUT2D eigenvalue weighted by Crippen LogP contribution is 2.38. The lowest BCUT2D eigenvalue weighted by Gasteiger charge is -2.13. The zero-order valence-corrected chi connectivity index (χ0v) is 10.3. The van der Waals surface area contributed by atoms with Crippen LogP contribution in [-0.4, -0.2) is 23.7 Å². The molecular formula is C8H18O3PSi. The zero-order valence-electron chi connectivity index (χ0n) is 8.41. The monoisotopic (exact) mass is 221 g/mol. The average molecular weight is 221 g/mol. The van der Waals surface area contributed by atoms with Gasteiger partial charge in [-0.25, -0.2) is 0 Å². The van der Waals surface area contributed by atoms with E-state index in [4.69, 9.17) is 13.3 Å². The molecule has 0 aromatic rings. The molecule has 0 N–H and O–H groups in total. The van der Waals surface area contributed by atoms with Gasteiger partial charge in [-0.15, -0.1) is 0 Å². The Balaban J connectivity index is 3.28. The van der Waals surface area contributed by atoms with Gasteiger partial charge in [-0.1, -0.05) is 26.7 Å². The van der Waals surface area contributed by atoms with Crippen LogP contribution in [0.2, 0.25) is 0 Å². The summed E-state index contributed by atoms with van der Waals surface area (Å²) in [5.74, 6) is 0. The Morgan fingerprint density at radius 2 is 1.46 bits per heavy atom. The molecule has 3 nitrogen and oxygen atoms in total. The summed E-state index contributed by atoms with van der Waals surface area (Å²) in [7, 11) is 1.78. The second-order valence-electron chi connectivity index (χ2n) is 2.69. The van der Waals surface area contributed by atoms with Crippen LogP contribution in [0.3, 0.4) is 0 Å². The van der Waals surface area contributed by atoms with Gasteiger partial charge in [-0.05, 0) is 12.8 Å². The normalized spacial score (nSPS) is 11.1. The summed E-state index contributed by atoms with van der Waals surface area (Å²) in [6.07, 6.45) is 4.34. The molecule has 0 aromatic carbocycles. The Bertz CT molecular complexity index is 95.4. The van der Waals surface area contributed by atoms with Gasteiger partial charge in [0.25, 0.3) is 10.5 Å². The molecule has 5 heteroatoms. The predicted molar refractivity (Wildman–Crippen MR) is 55.5 cm³/mol. The van der Waals surface area contributed by atoms with Gasteiger partial charge in [0.05, 0.1) is 13.2 Å². The molecule has 0 fully saturated rings. The largest absolute Gasteiger partial charge is 0.356 e. The Labute approximate surface area is 85.7 Å². The van der Waals surface area contributed by atoms with Gasteiger partial charge in [-0.3, -0.25) is 0 Å². The van der Waals surface area contributed by atoms with Crippen LogP contribution in [0, 0.1) is 0 Å². The average Bonchev–Trinajstić information content (AvgIpc) is 2.16. The van der Waals surface area contributed by atoms with Crippen molar-refractivity contribution < 1.29 is 13.3 Å². The molecule has 0 aliphatic rings. The number of rotatable bonds is 9. The maximum atomic E-state index is 5.35. The van der Waals surface area contributed by atoms with Gasteiger partial charge in [0, 0.05) is 0 Å². The van der Waals surface area contributed by atoms with Gasteiger partial charge >= 0.3 is 8.60 Å². The van der Waals surface area contributed by atoms with E-state index in [-0.39, 0.29) is 0 Å². The SMILES string of the molecule is CCCCOP(O[Si])OCCCC. The fourth-order valence-electron chi connectivity index (χ4n) is 0.657. The molecule has 13 heavy (non-hydrogen) atoms. The lowest BCUT2D eigenvalue weighted by Crippen LogP contribution is -1.96. The van der Waals surface area contributed by atoms with Crippen molar-refractivity contribution in [2.24, 2.45) is 0 Å². The smallest absolute Gasteiger partial charge is 0.321 e. The summed E-state index contributed by atoms with van der Waals surface area (Å²) >= 11 is 0. The highest BCUT2D eigenvalue weighted by Gasteiger charge is 2.08. The molecular weight excluding hydrogens is 203 g/mol. The van der Waals surface area contributed by atoms with E-state index in [2.05, 4.69) is 24.3 Å². The van der Waals surface area contributed by atoms with Crippen LogP contribution in [0.15, 0.2) is 0 Å². The van der Waals surface area contributed by atoms with Crippen molar-refractivity contribution >= 4 is 19.1 Å². The van der Waals surface area contributed by atoms with Gasteiger partial charge in [0.15, 0.2) is 0 Å². The zero-order chi connectivity index (χ0) is 9.94. The third-order valence-corrected chi connectivity index (χ3v) is 2.85. The van der Waals surface area contributed by atoms with E-state index < -0.39 is 8.60 Å². The van der Waals surface area contributed by atoms with E-state index in [0.717, 1.165) is 25.7 Å².